The van der Waals surface area contributed by atoms with E-state index >= 15 is 0 Å². The van der Waals surface area contributed by atoms with Crippen molar-refractivity contribution in [2.24, 2.45) is 17.6 Å². The first-order chi connectivity index (χ1) is 10.5. The first-order valence-electron chi connectivity index (χ1n) is 8.15. The lowest BCUT2D eigenvalue weighted by Crippen LogP contribution is -2.47. The summed E-state index contributed by atoms with van der Waals surface area (Å²) in [4.78, 5) is 19.0. The Balaban J connectivity index is 0.00000264. The van der Waals surface area contributed by atoms with Gasteiger partial charge in [-0.3, -0.25) is 4.79 Å². The number of nitrogens with zero attached hydrogens (tertiary/aromatic N) is 2. The number of nitrogens with one attached hydrogen (secondary N) is 1. The Morgan fingerprint density at radius 2 is 2.04 bits per heavy atom. The third kappa shape index (κ3) is 7.23. The lowest BCUT2D eigenvalue weighted by Gasteiger charge is -2.36. The van der Waals surface area contributed by atoms with E-state index < -0.39 is 0 Å². The molecule has 3 unspecified atom stereocenters. The second kappa shape index (κ2) is 11.3. The molecule has 5 nitrogen and oxygen atoms in total. The van der Waals surface area contributed by atoms with Gasteiger partial charge in [-0.25, -0.2) is 4.98 Å². The van der Waals surface area contributed by atoms with Gasteiger partial charge in [-0.2, -0.15) is 0 Å². The van der Waals surface area contributed by atoms with Crippen molar-refractivity contribution in [2.45, 2.75) is 39.7 Å². The smallest absolute Gasteiger partial charge is 0.271 e. The second-order valence-electron chi connectivity index (χ2n) is 6.70. The molecule has 3 N–H and O–H groups in total. The summed E-state index contributed by atoms with van der Waals surface area (Å²) >= 11 is 1.50. The first kappa shape index (κ1) is 23.6. The molecule has 0 bridgehead atoms. The molecule has 0 spiro atoms. The minimum atomic E-state index is -0.0786. The van der Waals surface area contributed by atoms with Gasteiger partial charge in [0.2, 0.25) is 0 Å². The number of halogens is 2. The predicted octanol–water partition coefficient (Wildman–Crippen LogP) is 2.58. The van der Waals surface area contributed by atoms with Crippen LogP contribution in [-0.4, -0.2) is 48.0 Å². The molecular formula is C16H30Cl2N4OS. The molecule has 2 heterocycles. The second-order valence-corrected chi connectivity index (χ2v) is 7.65. The third-order valence-corrected chi connectivity index (χ3v) is 4.91. The lowest BCUT2D eigenvalue weighted by atomic mass is 9.92. The van der Waals surface area contributed by atoms with Crippen molar-refractivity contribution in [2.75, 3.05) is 26.2 Å². The van der Waals surface area contributed by atoms with Crippen LogP contribution in [0.5, 0.6) is 0 Å². The Kier molecular flexibility index (Phi) is 11.1. The van der Waals surface area contributed by atoms with Crippen LogP contribution in [0.1, 0.15) is 42.7 Å². The molecule has 2 rings (SSSR count). The summed E-state index contributed by atoms with van der Waals surface area (Å²) in [7, 11) is 0. The molecule has 1 fully saturated rings. The molecule has 1 amide bonds. The Morgan fingerprint density at radius 1 is 1.42 bits per heavy atom. The molecule has 0 aromatic carbocycles. The molecule has 0 aliphatic carbocycles. The van der Waals surface area contributed by atoms with E-state index in [1.54, 1.807) is 0 Å². The van der Waals surface area contributed by atoms with Crippen molar-refractivity contribution in [1.29, 1.82) is 0 Å². The molecule has 24 heavy (non-hydrogen) atoms. The van der Waals surface area contributed by atoms with Gasteiger partial charge >= 0.3 is 0 Å². The normalized spacial score (nSPS) is 22.2. The summed E-state index contributed by atoms with van der Waals surface area (Å²) in [6.45, 7) is 10.4. The molecular weight excluding hydrogens is 367 g/mol. The van der Waals surface area contributed by atoms with E-state index in [2.05, 4.69) is 36.0 Å². The van der Waals surface area contributed by atoms with E-state index in [1.165, 1.54) is 17.8 Å². The molecule has 140 valence electrons. The summed E-state index contributed by atoms with van der Waals surface area (Å²) in [6, 6.07) is 0.129. The summed E-state index contributed by atoms with van der Waals surface area (Å²) in [6.07, 6.45) is 2.04. The molecule has 0 saturated carbocycles. The van der Waals surface area contributed by atoms with Gasteiger partial charge in [0.1, 0.15) is 5.69 Å². The molecule has 1 saturated heterocycles. The number of rotatable bonds is 6. The number of thiazole rings is 1. The average molecular weight is 397 g/mol. The standard InChI is InChI=1S/C16H28N4OS.2ClH/c1-11-6-12(2)8-20(7-11)9-13(3)18-16(21)14-10-22-15(19-14)4-5-17;;/h10-13H,4-9,17H2,1-3H3,(H,18,21);2*1H. The van der Waals surface area contributed by atoms with Crippen LogP contribution in [0.25, 0.3) is 0 Å². The summed E-state index contributed by atoms with van der Waals surface area (Å²) in [5, 5.41) is 5.81. The van der Waals surface area contributed by atoms with Crippen LogP contribution in [0, 0.1) is 11.8 Å². The zero-order valence-corrected chi connectivity index (χ0v) is 17.1. The largest absolute Gasteiger partial charge is 0.347 e. The van der Waals surface area contributed by atoms with Crippen LogP contribution in [0.2, 0.25) is 0 Å². The monoisotopic (exact) mass is 396 g/mol. The zero-order valence-electron chi connectivity index (χ0n) is 14.7. The Labute approximate surface area is 161 Å². The Hall–Kier alpha value is -0.400. The minimum Gasteiger partial charge on any atom is -0.347 e. The third-order valence-electron chi connectivity index (χ3n) is 4.00. The van der Waals surface area contributed by atoms with Gasteiger partial charge in [0.15, 0.2) is 0 Å². The average Bonchev–Trinajstić information content (AvgIpc) is 2.86. The Morgan fingerprint density at radius 3 is 2.62 bits per heavy atom. The van der Waals surface area contributed by atoms with Gasteiger partial charge in [-0.1, -0.05) is 13.8 Å². The van der Waals surface area contributed by atoms with Crippen LogP contribution in [0.3, 0.4) is 0 Å². The summed E-state index contributed by atoms with van der Waals surface area (Å²) < 4.78 is 0. The van der Waals surface area contributed by atoms with E-state index in [4.69, 9.17) is 5.73 Å². The van der Waals surface area contributed by atoms with Crippen LogP contribution in [0.15, 0.2) is 5.38 Å². The predicted molar refractivity (Wildman–Crippen MR) is 106 cm³/mol. The molecule has 8 heteroatoms. The molecule has 1 aromatic rings. The van der Waals surface area contributed by atoms with E-state index in [-0.39, 0.29) is 36.8 Å². The van der Waals surface area contributed by atoms with Crippen LogP contribution in [0.4, 0.5) is 0 Å². The van der Waals surface area contributed by atoms with Crippen molar-refractivity contribution in [1.82, 2.24) is 15.2 Å². The van der Waals surface area contributed by atoms with Gasteiger partial charge in [-0.05, 0) is 31.7 Å². The highest BCUT2D eigenvalue weighted by Gasteiger charge is 2.23. The molecule has 1 aliphatic heterocycles. The maximum absolute atomic E-state index is 12.2. The number of likely N-dealkylation sites (tertiary alicyclic amines) is 1. The Bertz CT molecular complexity index is 490. The molecule has 0 radical (unpaired) electrons. The number of amides is 1. The van der Waals surface area contributed by atoms with Gasteiger partial charge in [-0.15, -0.1) is 36.2 Å². The quantitative estimate of drug-likeness (QED) is 0.774. The van der Waals surface area contributed by atoms with Crippen LogP contribution in [-0.2, 0) is 6.42 Å². The number of hydrogen-bond acceptors (Lipinski definition) is 5. The molecule has 3 atom stereocenters. The number of carbonyl (C=O) groups excluding carboxylic acids is 1. The molecule has 1 aliphatic rings. The highest BCUT2D eigenvalue weighted by Crippen LogP contribution is 2.20. The maximum atomic E-state index is 12.2. The van der Waals surface area contributed by atoms with E-state index in [9.17, 15) is 4.79 Å². The van der Waals surface area contributed by atoms with E-state index in [0.29, 0.717) is 12.2 Å². The van der Waals surface area contributed by atoms with E-state index in [1.807, 2.05) is 5.38 Å². The fraction of sp³-hybridized carbons (Fsp3) is 0.750. The first-order valence-corrected chi connectivity index (χ1v) is 9.03. The number of piperidine rings is 1. The molecule has 1 aromatic heterocycles. The SMILES string of the molecule is CC1CC(C)CN(CC(C)NC(=O)c2csc(CCN)n2)C1.Cl.Cl. The van der Waals surface area contributed by atoms with Crippen molar-refractivity contribution in [3.63, 3.8) is 0 Å². The fourth-order valence-electron chi connectivity index (χ4n) is 3.33. The highest BCUT2D eigenvalue weighted by atomic mass is 35.5. The lowest BCUT2D eigenvalue weighted by molar-refractivity contribution is 0.0900. The topological polar surface area (TPSA) is 71.2 Å². The zero-order chi connectivity index (χ0) is 16.1. The van der Waals surface area contributed by atoms with Crippen LogP contribution < -0.4 is 11.1 Å². The summed E-state index contributed by atoms with van der Waals surface area (Å²) in [5.41, 5.74) is 6.03. The van der Waals surface area contributed by atoms with Gasteiger partial charge in [0.25, 0.3) is 5.91 Å². The number of hydrogen-bond donors (Lipinski definition) is 2. The van der Waals surface area contributed by atoms with Crippen molar-refractivity contribution < 1.29 is 4.79 Å². The fourth-order valence-corrected chi connectivity index (χ4v) is 4.12. The number of carbonyl (C=O) groups is 1. The van der Waals surface area contributed by atoms with Gasteiger partial charge in [0.05, 0.1) is 5.01 Å². The van der Waals surface area contributed by atoms with Crippen LogP contribution >= 0.6 is 36.2 Å². The number of aromatic nitrogens is 1. The van der Waals surface area contributed by atoms with Gasteiger partial charge < -0.3 is 16.0 Å². The van der Waals surface area contributed by atoms with Crippen molar-refractivity contribution in [3.8, 4) is 0 Å². The highest BCUT2D eigenvalue weighted by molar-refractivity contribution is 7.09. The van der Waals surface area contributed by atoms with Crippen molar-refractivity contribution in [3.05, 3.63) is 16.1 Å². The summed E-state index contributed by atoms with van der Waals surface area (Å²) in [5.74, 6) is 1.40. The maximum Gasteiger partial charge on any atom is 0.271 e. The van der Waals surface area contributed by atoms with Gasteiger partial charge in [0, 0.05) is 37.5 Å². The minimum absolute atomic E-state index is 0. The van der Waals surface area contributed by atoms with E-state index in [0.717, 1.165) is 42.9 Å². The number of nitrogens with two attached hydrogens (primary N) is 1. The van der Waals surface area contributed by atoms with Crippen molar-refractivity contribution >= 4 is 42.1 Å².